The molecule has 0 heterocycles. The highest BCUT2D eigenvalue weighted by Crippen LogP contribution is 2.35. The van der Waals surface area contributed by atoms with Crippen molar-refractivity contribution in [3.63, 3.8) is 0 Å². The third kappa shape index (κ3) is 4.95. The Balaban J connectivity index is 1.61. The molecule has 1 N–H and O–H groups in total. The van der Waals surface area contributed by atoms with Crippen molar-refractivity contribution in [3.05, 3.63) is 71.8 Å². The maximum Gasteiger partial charge on any atom is 0.00793 e. The van der Waals surface area contributed by atoms with E-state index in [-0.39, 0.29) is 0 Å². The number of rotatable bonds is 7. The van der Waals surface area contributed by atoms with Crippen LogP contribution in [0.3, 0.4) is 0 Å². The monoisotopic (exact) mass is 321 g/mol. The second kappa shape index (κ2) is 9.03. The highest BCUT2D eigenvalue weighted by atomic mass is 14.9. The van der Waals surface area contributed by atoms with Crippen LogP contribution >= 0.6 is 0 Å². The number of benzene rings is 2. The highest BCUT2D eigenvalue weighted by molar-refractivity contribution is 5.21. The van der Waals surface area contributed by atoms with Crippen molar-refractivity contribution in [1.82, 2.24) is 5.32 Å². The third-order valence-corrected chi connectivity index (χ3v) is 5.52. The smallest absolute Gasteiger partial charge is 0.00793 e. The summed E-state index contributed by atoms with van der Waals surface area (Å²) >= 11 is 0. The molecule has 2 unspecified atom stereocenters. The molecular weight excluding hydrogens is 290 g/mol. The first kappa shape index (κ1) is 17.2. The number of hydrogen-bond donors (Lipinski definition) is 1. The van der Waals surface area contributed by atoms with Crippen molar-refractivity contribution < 1.29 is 0 Å². The molecule has 0 amide bonds. The van der Waals surface area contributed by atoms with E-state index < -0.39 is 0 Å². The lowest BCUT2D eigenvalue weighted by Crippen LogP contribution is -2.35. The van der Waals surface area contributed by atoms with Crippen molar-refractivity contribution in [2.75, 3.05) is 6.54 Å². The summed E-state index contributed by atoms with van der Waals surface area (Å²) in [6.07, 6.45) is 8.15. The number of hydrogen-bond acceptors (Lipinski definition) is 1. The van der Waals surface area contributed by atoms with Crippen LogP contribution in [0.5, 0.6) is 0 Å². The van der Waals surface area contributed by atoms with E-state index in [0.717, 1.165) is 18.9 Å². The van der Waals surface area contributed by atoms with Crippen LogP contribution in [0.4, 0.5) is 0 Å². The minimum atomic E-state index is 0.516. The maximum atomic E-state index is 3.83. The Bertz CT molecular complexity index is 571. The van der Waals surface area contributed by atoms with Crippen LogP contribution in [0.2, 0.25) is 0 Å². The Kier molecular flexibility index (Phi) is 6.48. The molecule has 0 radical (unpaired) electrons. The molecule has 1 heteroatoms. The van der Waals surface area contributed by atoms with E-state index in [0.29, 0.717) is 12.0 Å². The van der Waals surface area contributed by atoms with Gasteiger partial charge in [0.15, 0.2) is 0 Å². The summed E-state index contributed by atoms with van der Waals surface area (Å²) in [4.78, 5) is 0. The Morgan fingerprint density at radius 1 is 0.875 bits per heavy atom. The zero-order valence-electron chi connectivity index (χ0n) is 15.0. The minimum absolute atomic E-state index is 0.516. The van der Waals surface area contributed by atoms with Crippen LogP contribution in [-0.2, 0) is 6.42 Å². The first-order valence-electron chi connectivity index (χ1n) is 9.65. The van der Waals surface area contributed by atoms with Crippen LogP contribution in [0.1, 0.15) is 56.1 Å². The molecule has 0 spiro atoms. The Morgan fingerprint density at radius 3 is 2.17 bits per heavy atom. The summed E-state index contributed by atoms with van der Waals surface area (Å²) in [5.74, 6) is 1.50. The van der Waals surface area contributed by atoms with Gasteiger partial charge in [-0.2, -0.15) is 0 Å². The van der Waals surface area contributed by atoms with Gasteiger partial charge in [0.25, 0.3) is 0 Å². The van der Waals surface area contributed by atoms with Crippen molar-refractivity contribution in [2.24, 2.45) is 5.92 Å². The lowest BCUT2D eigenvalue weighted by atomic mass is 9.76. The molecule has 0 aromatic heterocycles. The largest absolute Gasteiger partial charge is 0.313 e. The van der Waals surface area contributed by atoms with Crippen LogP contribution in [0.25, 0.3) is 0 Å². The summed E-state index contributed by atoms with van der Waals surface area (Å²) in [5, 5.41) is 3.83. The van der Waals surface area contributed by atoms with Gasteiger partial charge >= 0.3 is 0 Å². The molecule has 0 bridgehead atoms. The van der Waals surface area contributed by atoms with Gasteiger partial charge in [-0.15, -0.1) is 0 Å². The first-order valence-corrected chi connectivity index (χ1v) is 9.65. The van der Waals surface area contributed by atoms with Gasteiger partial charge in [-0.25, -0.2) is 0 Å². The van der Waals surface area contributed by atoms with Crippen LogP contribution < -0.4 is 5.32 Å². The van der Waals surface area contributed by atoms with E-state index in [9.17, 15) is 0 Å². The molecule has 2 aromatic rings. The van der Waals surface area contributed by atoms with Crippen LogP contribution in [0, 0.1) is 5.92 Å². The summed E-state index contributed by atoms with van der Waals surface area (Å²) in [6.45, 7) is 3.42. The normalized spacial score (nSPS) is 18.2. The molecule has 1 aliphatic rings. The number of nitrogens with one attached hydrogen (secondary N) is 1. The van der Waals surface area contributed by atoms with Crippen LogP contribution in [0.15, 0.2) is 60.7 Å². The van der Waals surface area contributed by atoms with Crippen molar-refractivity contribution in [3.8, 4) is 0 Å². The fourth-order valence-electron chi connectivity index (χ4n) is 4.16. The average molecular weight is 322 g/mol. The quantitative estimate of drug-likeness (QED) is 0.703. The van der Waals surface area contributed by atoms with Gasteiger partial charge in [0.05, 0.1) is 0 Å². The van der Waals surface area contributed by atoms with Gasteiger partial charge in [0.1, 0.15) is 0 Å². The predicted molar refractivity (Wildman–Crippen MR) is 103 cm³/mol. The lowest BCUT2D eigenvalue weighted by Gasteiger charge is -2.32. The minimum Gasteiger partial charge on any atom is -0.313 e. The summed E-state index contributed by atoms with van der Waals surface area (Å²) in [7, 11) is 0. The Labute approximate surface area is 147 Å². The summed E-state index contributed by atoms with van der Waals surface area (Å²) in [5.41, 5.74) is 2.94. The zero-order chi connectivity index (χ0) is 16.6. The lowest BCUT2D eigenvalue weighted by molar-refractivity contribution is 0.291. The molecule has 1 nitrogen and oxygen atoms in total. The van der Waals surface area contributed by atoms with Gasteiger partial charge in [-0.1, -0.05) is 79.9 Å². The van der Waals surface area contributed by atoms with E-state index in [1.165, 1.54) is 43.2 Å². The van der Waals surface area contributed by atoms with Gasteiger partial charge in [-0.3, -0.25) is 0 Å². The van der Waals surface area contributed by atoms with Crippen molar-refractivity contribution in [2.45, 2.75) is 57.4 Å². The molecule has 0 aliphatic heterocycles. The molecule has 1 saturated carbocycles. The molecule has 0 saturated heterocycles. The second-order valence-corrected chi connectivity index (χ2v) is 7.41. The fourth-order valence-corrected chi connectivity index (χ4v) is 4.16. The van der Waals surface area contributed by atoms with E-state index in [1.807, 2.05) is 0 Å². The van der Waals surface area contributed by atoms with Crippen molar-refractivity contribution >= 4 is 0 Å². The molecular formula is C23H31N. The average Bonchev–Trinajstić information content (AvgIpc) is 2.64. The molecule has 1 fully saturated rings. The fraction of sp³-hybridized carbons (Fsp3) is 0.478. The topological polar surface area (TPSA) is 12.0 Å². The SMILES string of the molecule is CC(Cc1ccccc1)NCC(c1ccccc1)C1CCCCC1. The molecule has 128 valence electrons. The molecule has 3 rings (SSSR count). The molecule has 2 aromatic carbocycles. The van der Waals surface area contributed by atoms with E-state index in [4.69, 9.17) is 0 Å². The molecule has 2 atom stereocenters. The van der Waals surface area contributed by atoms with Gasteiger partial charge in [0, 0.05) is 12.6 Å². The predicted octanol–water partition coefficient (Wildman–Crippen LogP) is 5.57. The Hall–Kier alpha value is -1.60. The third-order valence-electron chi connectivity index (χ3n) is 5.52. The second-order valence-electron chi connectivity index (χ2n) is 7.41. The highest BCUT2D eigenvalue weighted by Gasteiger charge is 2.25. The van der Waals surface area contributed by atoms with E-state index >= 15 is 0 Å². The summed E-state index contributed by atoms with van der Waals surface area (Å²) in [6, 6.07) is 22.5. The molecule has 1 aliphatic carbocycles. The summed E-state index contributed by atoms with van der Waals surface area (Å²) < 4.78 is 0. The van der Waals surface area contributed by atoms with Crippen LogP contribution in [-0.4, -0.2) is 12.6 Å². The van der Waals surface area contributed by atoms with Gasteiger partial charge in [-0.05, 0) is 49.1 Å². The van der Waals surface area contributed by atoms with Gasteiger partial charge < -0.3 is 5.32 Å². The van der Waals surface area contributed by atoms with E-state index in [1.54, 1.807) is 0 Å². The zero-order valence-corrected chi connectivity index (χ0v) is 15.0. The van der Waals surface area contributed by atoms with Crippen molar-refractivity contribution in [1.29, 1.82) is 0 Å². The standard InChI is InChI=1S/C23H31N/c1-19(17-20-11-5-2-6-12-20)24-18-23(21-13-7-3-8-14-21)22-15-9-4-10-16-22/h2-3,5-8,11-14,19,22-24H,4,9-10,15-18H2,1H3. The first-order chi connectivity index (χ1) is 11.8. The maximum absolute atomic E-state index is 3.83. The van der Waals surface area contributed by atoms with E-state index in [2.05, 4.69) is 72.9 Å². The van der Waals surface area contributed by atoms with Gasteiger partial charge in [0.2, 0.25) is 0 Å². The molecule has 24 heavy (non-hydrogen) atoms. The Morgan fingerprint density at radius 2 is 1.50 bits per heavy atom.